The van der Waals surface area contributed by atoms with E-state index >= 15 is 0 Å². The standard InChI is InChI=1S/C23H16Br2N2O4/c1-30-20-7-4-15(24)10-13(20)3-9-22(29)26-16-5-8-21-18(12-16)27-23(31-21)14-2-6-19(28)17(25)11-14/h2-12,28H,1H3,(H,26,29)/b9-3+. The van der Waals surface area contributed by atoms with Gasteiger partial charge in [-0.1, -0.05) is 15.9 Å². The van der Waals surface area contributed by atoms with Gasteiger partial charge >= 0.3 is 0 Å². The lowest BCUT2D eigenvalue weighted by Crippen LogP contribution is -2.07. The van der Waals surface area contributed by atoms with Crippen LogP contribution in [0.1, 0.15) is 5.56 Å². The molecule has 0 aliphatic heterocycles. The lowest BCUT2D eigenvalue weighted by atomic mass is 10.2. The number of carbonyl (C=O) groups is 1. The van der Waals surface area contributed by atoms with Gasteiger partial charge < -0.3 is 19.6 Å². The van der Waals surface area contributed by atoms with Crippen LogP contribution in [0.4, 0.5) is 5.69 Å². The van der Waals surface area contributed by atoms with Crippen LogP contribution in [-0.2, 0) is 4.79 Å². The van der Waals surface area contributed by atoms with Crippen molar-refractivity contribution in [1.29, 1.82) is 0 Å². The molecule has 0 radical (unpaired) electrons. The summed E-state index contributed by atoms with van der Waals surface area (Å²) in [6.07, 6.45) is 3.13. The molecule has 8 heteroatoms. The number of fused-ring (bicyclic) bond motifs is 1. The number of halogens is 2. The number of phenols is 1. The van der Waals surface area contributed by atoms with E-state index in [-0.39, 0.29) is 11.7 Å². The molecule has 0 saturated carbocycles. The largest absolute Gasteiger partial charge is 0.507 e. The van der Waals surface area contributed by atoms with Crippen LogP contribution in [0.15, 0.2) is 74.0 Å². The second kappa shape index (κ2) is 8.95. The molecule has 1 aromatic heterocycles. The first-order valence-electron chi connectivity index (χ1n) is 9.15. The molecular weight excluding hydrogens is 528 g/mol. The molecule has 1 amide bonds. The summed E-state index contributed by atoms with van der Waals surface area (Å²) in [5.74, 6) is 0.941. The van der Waals surface area contributed by atoms with E-state index in [1.54, 1.807) is 49.6 Å². The minimum atomic E-state index is -0.285. The molecule has 6 nitrogen and oxygen atoms in total. The molecule has 4 aromatic rings. The molecule has 0 spiro atoms. The first kappa shape index (κ1) is 21.1. The van der Waals surface area contributed by atoms with E-state index in [1.165, 1.54) is 6.08 Å². The molecule has 0 unspecified atom stereocenters. The Kier molecular flexibility index (Phi) is 6.11. The number of benzene rings is 3. The number of anilines is 1. The molecule has 2 N–H and O–H groups in total. The molecule has 0 aliphatic rings. The van der Waals surface area contributed by atoms with E-state index in [4.69, 9.17) is 9.15 Å². The normalized spacial score (nSPS) is 11.2. The Morgan fingerprint density at radius 2 is 1.97 bits per heavy atom. The van der Waals surface area contributed by atoms with E-state index in [0.29, 0.717) is 32.9 Å². The summed E-state index contributed by atoms with van der Waals surface area (Å²) < 4.78 is 12.5. The number of phenolic OH excluding ortho intramolecular Hbond substituents is 1. The molecule has 4 rings (SSSR count). The number of rotatable bonds is 5. The van der Waals surface area contributed by atoms with Crippen molar-refractivity contribution in [2.75, 3.05) is 12.4 Å². The highest BCUT2D eigenvalue weighted by Crippen LogP contribution is 2.31. The van der Waals surface area contributed by atoms with Gasteiger partial charge in [0.25, 0.3) is 0 Å². The zero-order chi connectivity index (χ0) is 22.0. The van der Waals surface area contributed by atoms with Gasteiger partial charge in [-0.3, -0.25) is 4.79 Å². The number of amides is 1. The van der Waals surface area contributed by atoms with Gasteiger partial charge in [0.15, 0.2) is 5.58 Å². The van der Waals surface area contributed by atoms with Crippen molar-refractivity contribution in [3.05, 3.63) is 75.2 Å². The number of hydrogen-bond acceptors (Lipinski definition) is 5. The summed E-state index contributed by atoms with van der Waals surface area (Å²) in [6.45, 7) is 0. The second-order valence-electron chi connectivity index (χ2n) is 6.58. The fraction of sp³-hybridized carbons (Fsp3) is 0.0435. The van der Waals surface area contributed by atoms with Crippen molar-refractivity contribution in [2.45, 2.75) is 0 Å². The number of aromatic hydroxyl groups is 1. The van der Waals surface area contributed by atoms with E-state index < -0.39 is 0 Å². The molecule has 0 aliphatic carbocycles. The summed E-state index contributed by atoms with van der Waals surface area (Å²) in [4.78, 5) is 16.9. The van der Waals surface area contributed by atoms with Crippen molar-refractivity contribution in [2.24, 2.45) is 0 Å². The summed E-state index contributed by atoms with van der Waals surface area (Å²) in [5, 5.41) is 12.5. The number of hydrogen-bond donors (Lipinski definition) is 2. The average molecular weight is 544 g/mol. The molecular formula is C23H16Br2N2O4. The van der Waals surface area contributed by atoms with E-state index in [2.05, 4.69) is 42.2 Å². The molecule has 0 bridgehead atoms. The van der Waals surface area contributed by atoms with Gasteiger partial charge in [-0.05, 0) is 76.6 Å². The van der Waals surface area contributed by atoms with Gasteiger partial charge in [0.05, 0.1) is 11.6 Å². The molecule has 0 fully saturated rings. The minimum absolute atomic E-state index is 0.137. The topological polar surface area (TPSA) is 84.6 Å². The number of carbonyl (C=O) groups excluding carboxylic acids is 1. The zero-order valence-corrected chi connectivity index (χ0v) is 19.4. The fourth-order valence-corrected chi connectivity index (χ4v) is 3.71. The van der Waals surface area contributed by atoms with E-state index in [1.807, 2.05) is 18.2 Å². The van der Waals surface area contributed by atoms with Crippen LogP contribution >= 0.6 is 31.9 Å². The Bertz CT molecular complexity index is 1310. The predicted octanol–water partition coefficient (Wildman–Crippen LogP) is 6.39. The maximum Gasteiger partial charge on any atom is 0.248 e. The van der Waals surface area contributed by atoms with Crippen LogP contribution in [0.25, 0.3) is 28.6 Å². The fourth-order valence-electron chi connectivity index (χ4n) is 2.95. The Labute approximate surface area is 194 Å². The maximum atomic E-state index is 12.4. The van der Waals surface area contributed by atoms with Gasteiger partial charge in [0, 0.05) is 27.4 Å². The zero-order valence-electron chi connectivity index (χ0n) is 16.2. The van der Waals surface area contributed by atoms with Gasteiger partial charge in [-0.25, -0.2) is 4.98 Å². The second-order valence-corrected chi connectivity index (χ2v) is 8.35. The van der Waals surface area contributed by atoms with Gasteiger partial charge in [-0.15, -0.1) is 0 Å². The molecule has 156 valence electrons. The average Bonchev–Trinajstić information content (AvgIpc) is 3.17. The third-order valence-electron chi connectivity index (χ3n) is 4.46. The molecule has 0 atom stereocenters. The minimum Gasteiger partial charge on any atom is -0.507 e. The lowest BCUT2D eigenvalue weighted by Gasteiger charge is -2.05. The number of aromatic nitrogens is 1. The smallest absolute Gasteiger partial charge is 0.248 e. The van der Waals surface area contributed by atoms with Crippen LogP contribution in [0, 0.1) is 0 Å². The Balaban J connectivity index is 1.53. The number of nitrogens with zero attached hydrogens (tertiary/aromatic N) is 1. The van der Waals surface area contributed by atoms with Gasteiger partial charge in [0.1, 0.15) is 17.0 Å². The van der Waals surface area contributed by atoms with Crippen LogP contribution in [0.3, 0.4) is 0 Å². The van der Waals surface area contributed by atoms with Crippen LogP contribution < -0.4 is 10.1 Å². The van der Waals surface area contributed by atoms with E-state index in [0.717, 1.165) is 15.6 Å². The van der Waals surface area contributed by atoms with Crippen molar-refractivity contribution in [1.82, 2.24) is 4.98 Å². The molecule has 31 heavy (non-hydrogen) atoms. The highest BCUT2D eigenvalue weighted by atomic mass is 79.9. The summed E-state index contributed by atoms with van der Waals surface area (Å²) in [7, 11) is 1.58. The lowest BCUT2D eigenvalue weighted by molar-refractivity contribution is -0.111. The predicted molar refractivity (Wildman–Crippen MR) is 127 cm³/mol. The Morgan fingerprint density at radius 1 is 1.13 bits per heavy atom. The van der Waals surface area contributed by atoms with Crippen molar-refractivity contribution >= 4 is 60.6 Å². The number of ether oxygens (including phenoxy) is 1. The number of nitrogens with one attached hydrogen (secondary N) is 1. The third-order valence-corrected chi connectivity index (χ3v) is 5.58. The Hall–Kier alpha value is -3.10. The number of methoxy groups -OCH3 is 1. The first-order valence-corrected chi connectivity index (χ1v) is 10.7. The summed E-state index contributed by atoms with van der Waals surface area (Å²) >= 11 is 6.70. The maximum absolute atomic E-state index is 12.4. The van der Waals surface area contributed by atoms with E-state index in [9.17, 15) is 9.90 Å². The van der Waals surface area contributed by atoms with Gasteiger partial charge in [-0.2, -0.15) is 0 Å². The quantitative estimate of drug-likeness (QED) is 0.285. The molecule has 1 heterocycles. The number of oxazole rings is 1. The monoisotopic (exact) mass is 542 g/mol. The third kappa shape index (κ3) is 4.81. The molecule has 0 saturated heterocycles. The van der Waals surface area contributed by atoms with Crippen molar-refractivity contribution in [3.8, 4) is 23.0 Å². The first-order chi connectivity index (χ1) is 14.9. The highest BCUT2D eigenvalue weighted by Gasteiger charge is 2.11. The van der Waals surface area contributed by atoms with Crippen LogP contribution in [0.5, 0.6) is 11.5 Å². The highest BCUT2D eigenvalue weighted by molar-refractivity contribution is 9.10. The van der Waals surface area contributed by atoms with Crippen molar-refractivity contribution in [3.63, 3.8) is 0 Å². The van der Waals surface area contributed by atoms with Crippen LogP contribution in [-0.4, -0.2) is 23.1 Å². The van der Waals surface area contributed by atoms with Gasteiger partial charge in [0.2, 0.25) is 11.8 Å². The molecule has 3 aromatic carbocycles. The summed E-state index contributed by atoms with van der Waals surface area (Å²) in [5.41, 5.74) is 3.29. The summed E-state index contributed by atoms with van der Waals surface area (Å²) in [6, 6.07) is 15.8. The van der Waals surface area contributed by atoms with Crippen molar-refractivity contribution < 1.29 is 19.1 Å². The van der Waals surface area contributed by atoms with Crippen LogP contribution in [0.2, 0.25) is 0 Å². The SMILES string of the molecule is COc1ccc(Br)cc1/C=C/C(=O)Nc1ccc2oc(-c3ccc(O)c(Br)c3)nc2c1. The Morgan fingerprint density at radius 3 is 2.74 bits per heavy atom.